The summed E-state index contributed by atoms with van der Waals surface area (Å²) in [4.78, 5) is 19.3. The molecule has 0 unspecified atom stereocenters. The van der Waals surface area contributed by atoms with E-state index in [4.69, 9.17) is 4.74 Å². The number of benzene rings is 2. The SMILES string of the molecule is COc1ccc(C)cc1Nc1ccc(C(=O)N(Cc2ccccc2)C(C)C)cn1. The van der Waals surface area contributed by atoms with Gasteiger partial charge in [0.05, 0.1) is 18.4 Å². The maximum Gasteiger partial charge on any atom is 0.255 e. The number of nitrogens with one attached hydrogen (secondary N) is 1. The summed E-state index contributed by atoms with van der Waals surface area (Å²) >= 11 is 0. The topological polar surface area (TPSA) is 54.5 Å². The summed E-state index contributed by atoms with van der Waals surface area (Å²) in [5.74, 6) is 1.37. The van der Waals surface area contributed by atoms with Crippen molar-refractivity contribution < 1.29 is 9.53 Å². The number of nitrogens with zero attached hydrogens (tertiary/aromatic N) is 2. The third kappa shape index (κ3) is 5.13. The van der Waals surface area contributed by atoms with Crippen LogP contribution in [0.15, 0.2) is 66.9 Å². The third-order valence-corrected chi connectivity index (χ3v) is 4.71. The zero-order chi connectivity index (χ0) is 20.8. The summed E-state index contributed by atoms with van der Waals surface area (Å²) in [5, 5.41) is 3.26. The number of aromatic nitrogens is 1. The van der Waals surface area contributed by atoms with E-state index in [1.54, 1.807) is 19.4 Å². The first-order valence-electron chi connectivity index (χ1n) is 9.70. The van der Waals surface area contributed by atoms with E-state index < -0.39 is 0 Å². The largest absolute Gasteiger partial charge is 0.495 e. The lowest BCUT2D eigenvalue weighted by Crippen LogP contribution is -2.36. The summed E-state index contributed by atoms with van der Waals surface area (Å²) in [6.07, 6.45) is 1.62. The number of aryl methyl sites for hydroxylation is 1. The molecule has 1 N–H and O–H groups in total. The molecule has 3 aromatic rings. The number of hydrogen-bond donors (Lipinski definition) is 1. The van der Waals surface area contributed by atoms with Gasteiger partial charge >= 0.3 is 0 Å². The van der Waals surface area contributed by atoms with Gasteiger partial charge in [-0.25, -0.2) is 4.98 Å². The minimum absolute atomic E-state index is 0.0314. The first kappa shape index (κ1) is 20.4. The smallest absolute Gasteiger partial charge is 0.255 e. The van der Waals surface area contributed by atoms with E-state index in [0.29, 0.717) is 17.9 Å². The fourth-order valence-electron chi connectivity index (χ4n) is 3.09. The quantitative estimate of drug-likeness (QED) is 0.604. The second-order valence-corrected chi connectivity index (χ2v) is 7.27. The van der Waals surface area contributed by atoms with Crippen LogP contribution in [-0.4, -0.2) is 28.9 Å². The number of ether oxygens (including phenoxy) is 1. The summed E-state index contributed by atoms with van der Waals surface area (Å²) in [7, 11) is 1.64. The Bertz CT molecular complexity index is 954. The fourth-order valence-corrected chi connectivity index (χ4v) is 3.09. The Hall–Kier alpha value is -3.34. The molecule has 0 fully saturated rings. The number of hydrogen-bond acceptors (Lipinski definition) is 4. The molecule has 1 heterocycles. The van der Waals surface area contributed by atoms with Gasteiger partial charge in [-0.3, -0.25) is 4.79 Å². The van der Waals surface area contributed by atoms with E-state index in [2.05, 4.69) is 10.3 Å². The van der Waals surface area contributed by atoms with Crippen LogP contribution in [-0.2, 0) is 6.54 Å². The second kappa shape index (κ2) is 9.24. The molecule has 2 aromatic carbocycles. The van der Waals surface area contributed by atoms with Gasteiger partial charge in [-0.15, -0.1) is 0 Å². The number of rotatable bonds is 7. The first-order valence-corrected chi connectivity index (χ1v) is 9.70. The molecule has 29 heavy (non-hydrogen) atoms. The van der Waals surface area contributed by atoms with Crippen LogP contribution in [0.1, 0.15) is 35.3 Å². The maximum atomic E-state index is 13.1. The van der Waals surface area contributed by atoms with Crippen molar-refractivity contribution in [3.63, 3.8) is 0 Å². The van der Waals surface area contributed by atoms with E-state index in [1.807, 2.05) is 80.3 Å². The van der Waals surface area contributed by atoms with Crippen molar-refractivity contribution in [1.29, 1.82) is 0 Å². The Morgan fingerprint density at radius 3 is 2.48 bits per heavy atom. The average molecular weight is 389 g/mol. The van der Waals surface area contributed by atoms with Crippen LogP contribution in [0.3, 0.4) is 0 Å². The molecule has 0 radical (unpaired) electrons. The van der Waals surface area contributed by atoms with Gasteiger partial charge in [-0.2, -0.15) is 0 Å². The van der Waals surface area contributed by atoms with Crippen LogP contribution in [0.4, 0.5) is 11.5 Å². The summed E-state index contributed by atoms with van der Waals surface area (Å²) in [5.41, 5.74) is 3.63. The molecule has 0 atom stereocenters. The molecule has 150 valence electrons. The van der Waals surface area contributed by atoms with Crippen molar-refractivity contribution in [2.24, 2.45) is 0 Å². The van der Waals surface area contributed by atoms with Crippen LogP contribution in [0.25, 0.3) is 0 Å². The lowest BCUT2D eigenvalue weighted by Gasteiger charge is -2.27. The van der Waals surface area contributed by atoms with Gasteiger partial charge in [0, 0.05) is 18.8 Å². The Labute approximate surface area is 172 Å². The van der Waals surface area contributed by atoms with Gasteiger partial charge in [0.1, 0.15) is 11.6 Å². The normalized spacial score (nSPS) is 10.7. The van der Waals surface area contributed by atoms with Crippen LogP contribution in [0.2, 0.25) is 0 Å². The highest BCUT2D eigenvalue weighted by molar-refractivity contribution is 5.94. The standard InChI is InChI=1S/C24H27N3O2/c1-17(2)27(16-19-8-6-5-7-9-19)24(28)20-11-13-23(25-15-20)26-21-14-18(3)10-12-22(21)29-4/h5-15,17H,16H2,1-4H3,(H,25,26). The molecule has 1 aromatic heterocycles. The van der Waals surface area contributed by atoms with E-state index in [0.717, 1.165) is 22.6 Å². The predicted octanol–water partition coefficient (Wildman–Crippen LogP) is 5.19. The zero-order valence-corrected chi connectivity index (χ0v) is 17.3. The van der Waals surface area contributed by atoms with E-state index in [1.165, 1.54) is 0 Å². The van der Waals surface area contributed by atoms with Crippen LogP contribution < -0.4 is 10.1 Å². The van der Waals surface area contributed by atoms with Crippen LogP contribution in [0, 0.1) is 6.92 Å². The molecule has 0 aliphatic carbocycles. The number of carbonyl (C=O) groups is 1. The van der Waals surface area contributed by atoms with Gasteiger partial charge < -0.3 is 15.0 Å². The highest BCUT2D eigenvalue weighted by Crippen LogP contribution is 2.28. The minimum atomic E-state index is -0.0314. The minimum Gasteiger partial charge on any atom is -0.495 e. The van der Waals surface area contributed by atoms with Crippen molar-refractivity contribution in [2.45, 2.75) is 33.4 Å². The highest BCUT2D eigenvalue weighted by atomic mass is 16.5. The predicted molar refractivity (Wildman–Crippen MR) is 117 cm³/mol. The molecular weight excluding hydrogens is 362 g/mol. The van der Waals surface area contributed by atoms with Crippen LogP contribution >= 0.6 is 0 Å². The van der Waals surface area contributed by atoms with Gasteiger partial charge in [0.2, 0.25) is 0 Å². The van der Waals surface area contributed by atoms with E-state index >= 15 is 0 Å². The van der Waals surface area contributed by atoms with Crippen molar-refractivity contribution in [3.05, 3.63) is 83.6 Å². The molecule has 0 spiro atoms. The molecule has 3 rings (SSSR count). The molecular formula is C24H27N3O2. The molecule has 0 aliphatic rings. The Balaban J connectivity index is 1.76. The number of amides is 1. The molecule has 0 bridgehead atoms. The lowest BCUT2D eigenvalue weighted by molar-refractivity contribution is 0.0690. The molecule has 5 nitrogen and oxygen atoms in total. The number of methoxy groups -OCH3 is 1. The number of pyridine rings is 1. The van der Waals surface area contributed by atoms with Gasteiger partial charge in [-0.05, 0) is 56.2 Å². The van der Waals surface area contributed by atoms with Crippen molar-refractivity contribution >= 4 is 17.4 Å². The lowest BCUT2D eigenvalue weighted by atomic mass is 10.1. The molecule has 5 heteroatoms. The summed E-state index contributed by atoms with van der Waals surface area (Å²) in [6.45, 7) is 6.63. The van der Waals surface area contributed by atoms with E-state index in [-0.39, 0.29) is 11.9 Å². The summed E-state index contributed by atoms with van der Waals surface area (Å²) in [6, 6.07) is 19.6. The molecule has 0 saturated carbocycles. The number of carbonyl (C=O) groups excluding carboxylic acids is 1. The average Bonchev–Trinajstić information content (AvgIpc) is 2.73. The van der Waals surface area contributed by atoms with Crippen molar-refractivity contribution in [1.82, 2.24) is 9.88 Å². The zero-order valence-electron chi connectivity index (χ0n) is 17.3. The van der Waals surface area contributed by atoms with Crippen LogP contribution in [0.5, 0.6) is 5.75 Å². The van der Waals surface area contributed by atoms with Crippen molar-refractivity contribution in [2.75, 3.05) is 12.4 Å². The number of anilines is 2. The molecule has 0 aliphatic heterocycles. The maximum absolute atomic E-state index is 13.1. The van der Waals surface area contributed by atoms with Crippen molar-refractivity contribution in [3.8, 4) is 5.75 Å². The van der Waals surface area contributed by atoms with Gasteiger partial charge in [0.15, 0.2) is 0 Å². The molecule has 0 saturated heterocycles. The second-order valence-electron chi connectivity index (χ2n) is 7.27. The van der Waals surface area contributed by atoms with E-state index in [9.17, 15) is 4.79 Å². The monoisotopic (exact) mass is 389 g/mol. The first-order chi connectivity index (χ1) is 14.0. The Morgan fingerprint density at radius 1 is 1.10 bits per heavy atom. The molecule has 1 amide bonds. The fraction of sp³-hybridized carbons (Fsp3) is 0.250. The van der Waals surface area contributed by atoms with Gasteiger partial charge in [-0.1, -0.05) is 36.4 Å². The third-order valence-electron chi connectivity index (χ3n) is 4.71. The Morgan fingerprint density at radius 2 is 1.86 bits per heavy atom. The highest BCUT2D eigenvalue weighted by Gasteiger charge is 2.19. The van der Waals surface area contributed by atoms with Gasteiger partial charge in [0.25, 0.3) is 5.91 Å². The Kier molecular flexibility index (Phi) is 6.50. The summed E-state index contributed by atoms with van der Waals surface area (Å²) < 4.78 is 5.40.